The fourth-order valence-electron chi connectivity index (χ4n) is 1.17. The molecule has 4 nitrogen and oxygen atoms in total. The van der Waals surface area contributed by atoms with Crippen LogP contribution in [0.1, 0.15) is 5.76 Å². The Labute approximate surface area is 80.2 Å². The van der Waals surface area contributed by atoms with E-state index in [1.54, 1.807) is 10.8 Å². The van der Waals surface area contributed by atoms with Crippen molar-refractivity contribution >= 4 is 12.2 Å². The lowest BCUT2D eigenvalue weighted by Crippen LogP contribution is -1.90. The first kappa shape index (κ1) is 8.25. The number of aryl methyl sites for hydroxylation is 1. The molecule has 0 aromatic carbocycles. The van der Waals surface area contributed by atoms with Gasteiger partial charge in [-0.25, -0.2) is 0 Å². The molecular formula is C8H9N3OS. The lowest BCUT2D eigenvalue weighted by Gasteiger charge is -1.93. The van der Waals surface area contributed by atoms with Gasteiger partial charge >= 0.3 is 0 Å². The number of H-pyrrole nitrogens is 1. The minimum absolute atomic E-state index is 0.605. The van der Waals surface area contributed by atoms with Gasteiger partial charge in [0.1, 0.15) is 12.0 Å². The van der Waals surface area contributed by atoms with Crippen LogP contribution in [-0.2, 0) is 7.05 Å². The summed E-state index contributed by atoms with van der Waals surface area (Å²) in [7, 11) is 1.86. The van der Waals surface area contributed by atoms with E-state index in [4.69, 9.17) is 16.6 Å². The van der Waals surface area contributed by atoms with Crippen molar-refractivity contribution in [1.29, 1.82) is 0 Å². The van der Waals surface area contributed by atoms with E-state index in [2.05, 4.69) is 10.2 Å². The Morgan fingerprint density at radius 2 is 2.38 bits per heavy atom. The molecule has 5 heteroatoms. The molecule has 0 saturated heterocycles. The third kappa shape index (κ3) is 1.31. The molecule has 0 unspecified atom stereocenters. The van der Waals surface area contributed by atoms with Gasteiger partial charge in [-0.3, -0.25) is 5.10 Å². The predicted octanol–water partition coefficient (Wildman–Crippen LogP) is 2.05. The van der Waals surface area contributed by atoms with Gasteiger partial charge in [0.25, 0.3) is 0 Å². The Balaban J connectivity index is 2.58. The predicted molar refractivity (Wildman–Crippen MR) is 50.8 cm³/mol. The van der Waals surface area contributed by atoms with E-state index in [9.17, 15) is 0 Å². The van der Waals surface area contributed by atoms with Crippen molar-refractivity contribution in [2.45, 2.75) is 6.92 Å². The van der Waals surface area contributed by atoms with Crippen LogP contribution in [0.2, 0.25) is 0 Å². The first-order valence-electron chi connectivity index (χ1n) is 3.85. The molecule has 0 aliphatic carbocycles. The van der Waals surface area contributed by atoms with Gasteiger partial charge in [0.15, 0.2) is 10.6 Å². The molecular weight excluding hydrogens is 186 g/mol. The first-order valence-corrected chi connectivity index (χ1v) is 4.26. The van der Waals surface area contributed by atoms with E-state index in [1.165, 1.54) is 0 Å². The maximum atomic E-state index is 5.18. The van der Waals surface area contributed by atoms with E-state index < -0.39 is 0 Å². The lowest BCUT2D eigenvalue weighted by molar-refractivity contribution is 0.534. The van der Waals surface area contributed by atoms with Gasteiger partial charge in [-0.05, 0) is 25.2 Å². The molecule has 0 saturated carbocycles. The largest absolute Gasteiger partial charge is 0.469 e. The van der Waals surface area contributed by atoms with Crippen LogP contribution in [0.15, 0.2) is 16.7 Å². The maximum Gasteiger partial charge on any atom is 0.195 e. The highest BCUT2D eigenvalue weighted by atomic mass is 32.1. The molecule has 2 rings (SSSR count). The zero-order valence-electron chi connectivity index (χ0n) is 7.37. The summed E-state index contributed by atoms with van der Waals surface area (Å²) in [6.45, 7) is 1.89. The van der Waals surface area contributed by atoms with E-state index in [0.29, 0.717) is 4.77 Å². The molecule has 0 bridgehead atoms. The van der Waals surface area contributed by atoms with Gasteiger partial charge in [0, 0.05) is 7.05 Å². The number of hydrogen-bond acceptors (Lipinski definition) is 3. The quantitative estimate of drug-likeness (QED) is 0.708. The van der Waals surface area contributed by atoms with Gasteiger partial charge in [0.05, 0.1) is 5.56 Å². The van der Waals surface area contributed by atoms with Crippen LogP contribution >= 0.6 is 12.2 Å². The molecule has 0 fully saturated rings. The van der Waals surface area contributed by atoms with Crippen LogP contribution in [0.25, 0.3) is 11.4 Å². The van der Waals surface area contributed by atoms with Crippen molar-refractivity contribution in [1.82, 2.24) is 14.8 Å². The Morgan fingerprint density at radius 3 is 2.85 bits per heavy atom. The van der Waals surface area contributed by atoms with Crippen molar-refractivity contribution in [3.63, 3.8) is 0 Å². The van der Waals surface area contributed by atoms with Crippen LogP contribution in [-0.4, -0.2) is 14.8 Å². The number of furan rings is 1. The third-order valence-corrected chi connectivity index (χ3v) is 2.23. The van der Waals surface area contributed by atoms with E-state index in [-0.39, 0.29) is 0 Å². The first-order chi connectivity index (χ1) is 6.18. The summed E-state index contributed by atoms with van der Waals surface area (Å²) in [5, 5.41) is 6.80. The number of rotatable bonds is 1. The Kier molecular flexibility index (Phi) is 1.81. The van der Waals surface area contributed by atoms with Crippen LogP contribution in [0.4, 0.5) is 0 Å². The standard InChI is InChI=1S/C8H9N3OS/c1-5-3-6(4-12-5)7-9-10-8(13)11(7)2/h3-4H,1-2H3,(H,10,13). The summed E-state index contributed by atoms with van der Waals surface area (Å²) in [6, 6.07) is 1.92. The van der Waals surface area contributed by atoms with Crippen molar-refractivity contribution in [2.75, 3.05) is 0 Å². The van der Waals surface area contributed by atoms with Gasteiger partial charge in [-0.2, -0.15) is 5.10 Å². The molecule has 0 amide bonds. The van der Waals surface area contributed by atoms with Crippen LogP contribution in [0, 0.1) is 11.7 Å². The lowest BCUT2D eigenvalue weighted by atomic mass is 10.3. The Bertz CT molecular complexity index is 480. The number of nitrogens with one attached hydrogen (secondary N) is 1. The fourth-order valence-corrected chi connectivity index (χ4v) is 1.30. The number of aromatic amines is 1. The number of nitrogens with zero attached hydrogens (tertiary/aromatic N) is 2. The molecule has 0 aliphatic heterocycles. The smallest absolute Gasteiger partial charge is 0.195 e. The highest BCUT2D eigenvalue weighted by Gasteiger charge is 2.07. The molecule has 2 heterocycles. The van der Waals surface area contributed by atoms with Crippen LogP contribution < -0.4 is 0 Å². The SMILES string of the molecule is Cc1cc(-c2n[nH]c(=S)n2C)co1. The zero-order chi connectivity index (χ0) is 9.42. The molecule has 2 aromatic heterocycles. The maximum absolute atomic E-state index is 5.18. The summed E-state index contributed by atoms with van der Waals surface area (Å²) in [6.07, 6.45) is 1.67. The number of aromatic nitrogens is 3. The Morgan fingerprint density at radius 1 is 1.62 bits per heavy atom. The Hall–Kier alpha value is -1.36. The van der Waals surface area contributed by atoms with Crippen molar-refractivity contribution in [2.24, 2.45) is 7.05 Å². The molecule has 13 heavy (non-hydrogen) atoms. The number of hydrogen-bond donors (Lipinski definition) is 1. The monoisotopic (exact) mass is 195 g/mol. The second-order valence-corrected chi connectivity index (χ2v) is 3.24. The topological polar surface area (TPSA) is 46.8 Å². The van der Waals surface area contributed by atoms with E-state index in [0.717, 1.165) is 17.1 Å². The summed E-state index contributed by atoms with van der Waals surface area (Å²) < 4.78 is 7.59. The van der Waals surface area contributed by atoms with E-state index in [1.807, 2.05) is 20.0 Å². The van der Waals surface area contributed by atoms with Crippen LogP contribution in [0.5, 0.6) is 0 Å². The minimum Gasteiger partial charge on any atom is -0.469 e. The minimum atomic E-state index is 0.605. The van der Waals surface area contributed by atoms with Gasteiger partial charge in [-0.15, -0.1) is 0 Å². The second kappa shape index (κ2) is 2.85. The second-order valence-electron chi connectivity index (χ2n) is 2.86. The highest BCUT2D eigenvalue weighted by Crippen LogP contribution is 2.18. The van der Waals surface area contributed by atoms with Gasteiger partial charge in [0.2, 0.25) is 0 Å². The van der Waals surface area contributed by atoms with Crippen LogP contribution in [0.3, 0.4) is 0 Å². The molecule has 0 radical (unpaired) electrons. The normalized spacial score (nSPS) is 10.6. The molecule has 0 spiro atoms. The molecule has 68 valence electrons. The fraction of sp³-hybridized carbons (Fsp3) is 0.250. The molecule has 0 aliphatic rings. The molecule has 1 N–H and O–H groups in total. The summed E-state index contributed by atoms with van der Waals surface area (Å²) in [4.78, 5) is 0. The molecule has 0 atom stereocenters. The van der Waals surface area contributed by atoms with Crippen molar-refractivity contribution in [3.8, 4) is 11.4 Å². The average Bonchev–Trinajstić information content (AvgIpc) is 2.62. The van der Waals surface area contributed by atoms with Gasteiger partial charge in [-0.1, -0.05) is 0 Å². The van der Waals surface area contributed by atoms with Crippen molar-refractivity contribution in [3.05, 3.63) is 22.9 Å². The third-order valence-electron chi connectivity index (χ3n) is 1.87. The summed E-state index contributed by atoms with van der Waals surface area (Å²) in [5.41, 5.74) is 0.937. The zero-order valence-corrected chi connectivity index (χ0v) is 8.18. The van der Waals surface area contributed by atoms with Gasteiger partial charge < -0.3 is 8.98 Å². The summed E-state index contributed by atoms with van der Waals surface area (Å²) in [5.74, 6) is 1.66. The van der Waals surface area contributed by atoms with Crippen molar-refractivity contribution < 1.29 is 4.42 Å². The highest BCUT2D eigenvalue weighted by molar-refractivity contribution is 7.71. The average molecular weight is 195 g/mol. The van der Waals surface area contributed by atoms with E-state index >= 15 is 0 Å². The summed E-state index contributed by atoms with van der Waals surface area (Å²) >= 11 is 5.00. The molecule has 2 aromatic rings.